The van der Waals surface area contributed by atoms with Gasteiger partial charge >= 0.3 is 6.18 Å². The topological polar surface area (TPSA) is 41.8 Å². The van der Waals surface area contributed by atoms with E-state index in [0.29, 0.717) is 0 Å². The first-order valence-electron chi connectivity index (χ1n) is 3.47. The molecule has 2 rings (SSSR count). The molecule has 0 fully saturated rings. The molecular weight excluding hydrogens is 185 g/mol. The van der Waals surface area contributed by atoms with E-state index in [1.54, 1.807) is 0 Å². The zero-order chi connectivity index (χ0) is 9.64. The number of allylic oxidation sites excluding steroid dienone is 2. The lowest BCUT2D eigenvalue weighted by Gasteiger charge is -2.04. The average Bonchev–Trinajstić information content (AvgIpc) is 2.51. The molecule has 0 aromatic heterocycles. The van der Waals surface area contributed by atoms with Crippen LogP contribution in [-0.2, 0) is 4.79 Å². The van der Waals surface area contributed by atoms with Gasteiger partial charge in [-0.15, -0.1) is 10.2 Å². The largest absolute Gasteiger partial charge is 0.435 e. The molecule has 68 valence electrons. The summed E-state index contributed by atoms with van der Waals surface area (Å²) >= 11 is 0. The lowest BCUT2D eigenvalue weighted by Crippen LogP contribution is -2.25. The Morgan fingerprint density at radius 3 is 2.62 bits per heavy atom. The van der Waals surface area contributed by atoms with Crippen LogP contribution in [-0.4, -0.2) is 23.4 Å². The SMILES string of the molecule is O=C1CC=C2C1=NN=C2C(F)(F)F. The van der Waals surface area contributed by atoms with Gasteiger partial charge in [0.2, 0.25) is 0 Å². The number of Topliss-reactive ketones (excluding diaryl/α,β-unsaturated/α-hetero) is 1. The van der Waals surface area contributed by atoms with E-state index in [1.807, 2.05) is 0 Å². The molecule has 13 heavy (non-hydrogen) atoms. The maximum absolute atomic E-state index is 12.2. The first-order chi connectivity index (χ1) is 6.00. The highest BCUT2D eigenvalue weighted by atomic mass is 19.4. The molecule has 0 bridgehead atoms. The Balaban J connectivity index is 2.38. The van der Waals surface area contributed by atoms with E-state index in [4.69, 9.17) is 0 Å². The second kappa shape index (κ2) is 2.27. The Morgan fingerprint density at radius 1 is 1.31 bits per heavy atom. The van der Waals surface area contributed by atoms with Crippen LogP contribution in [0.15, 0.2) is 21.9 Å². The molecule has 0 unspecified atom stereocenters. The Hall–Kier alpha value is -1.46. The second-order valence-electron chi connectivity index (χ2n) is 2.64. The molecule has 1 heterocycles. The van der Waals surface area contributed by atoms with Crippen molar-refractivity contribution in [3.05, 3.63) is 11.6 Å². The number of carbonyl (C=O) groups excluding carboxylic acids is 1. The zero-order valence-electron chi connectivity index (χ0n) is 6.22. The summed E-state index contributed by atoms with van der Waals surface area (Å²) < 4.78 is 36.5. The van der Waals surface area contributed by atoms with Gasteiger partial charge in [-0.25, -0.2) is 0 Å². The van der Waals surface area contributed by atoms with Crippen LogP contribution in [0.4, 0.5) is 13.2 Å². The minimum Gasteiger partial charge on any atom is -0.292 e. The maximum atomic E-state index is 12.2. The van der Waals surface area contributed by atoms with Gasteiger partial charge < -0.3 is 0 Å². The minimum absolute atomic E-state index is 0.0106. The van der Waals surface area contributed by atoms with Crippen molar-refractivity contribution in [2.24, 2.45) is 10.2 Å². The fourth-order valence-corrected chi connectivity index (χ4v) is 1.22. The molecule has 1 aliphatic carbocycles. The Labute approximate surface area is 70.6 Å². The van der Waals surface area contributed by atoms with Gasteiger partial charge in [0, 0.05) is 12.0 Å². The number of nitrogens with zero attached hydrogens (tertiary/aromatic N) is 2. The number of hydrogen-bond acceptors (Lipinski definition) is 3. The van der Waals surface area contributed by atoms with Crippen LogP contribution in [0.2, 0.25) is 0 Å². The van der Waals surface area contributed by atoms with Crippen LogP contribution in [0.25, 0.3) is 0 Å². The maximum Gasteiger partial charge on any atom is 0.435 e. The van der Waals surface area contributed by atoms with Crippen molar-refractivity contribution in [1.29, 1.82) is 0 Å². The van der Waals surface area contributed by atoms with Gasteiger partial charge in [-0.1, -0.05) is 6.08 Å². The Kier molecular flexibility index (Phi) is 1.43. The molecule has 0 aromatic carbocycles. The smallest absolute Gasteiger partial charge is 0.292 e. The molecule has 2 aliphatic rings. The molecule has 6 heteroatoms. The van der Waals surface area contributed by atoms with E-state index in [-0.39, 0.29) is 17.7 Å². The van der Waals surface area contributed by atoms with Crippen LogP contribution >= 0.6 is 0 Å². The predicted molar refractivity (Wildman–Crippen MR) is 38.6 cm³/mol. The molecule has 0 amide bonds. The van der Waals surface area contributed by atoms with E-state index < -0.39 is 17.7 Å². The molecule has 0 N–H and O–H groups in total. The Morgan fingerprint density at radius 2 is 2.00 bits per heavy atom. The summed E-state index contributed by atoms with van der Waals surface area (Å²) in [4.78, 5) is 10.9. The van der Waals surface area contributed by atoms with Gasteiger partial charge in [0.05, 0.1) is 0 Å². The van der Waals surface area contributed by atoms with Gasteiger partial charge in [0.15, 0.2) is 11.5 Å². The summed E-state index contributed by atoms with van der Waals surface area (Å²) in [6, 6.07) is 0. The summed E-state index contributed by atoms with van der Waals surface area (Å²) in [7, 11) is 0. The van der Waals surface area contributed by atoms with Crippen molar-refractivity contribution < 1.29 is 18.0 Å². The van der Waals surface area contributed by atoms with Crippen molar-refractivity contribution in [2.45, 2.75) is 12.6 Å². The quantitative estimate of drug-likeness (QED) is 0.564. The lowest BCUT2D eigenvalue weighted by atomic mass is 10.1. The molecule has 0 saturated heterocycles. The van der Waals surface area contributed by atoms with Gasteiger partial charge in [0.25, 0.3) is 0 Å². The number of carbonyl (C=O) groups is 1. The summed E-state index contributed by atoms with van der Waals surface area (Å²) in [5, 5.41) is 6.13. The van der Waals surface area contributed by atoms with Crippen molar-refractivity contribution >= 4 is 17.2 Å². The van der Waals surface area contributed by atoms with E-state index in [0.717, 1.165) is 0 Å². The van der Waals surface area contributed by atoms with Gasteiger partial charge in [0.1, 0.15) is 5.71 Å². The molecule has 0 saturated carbocycles. The van der Waals surface area contributed by atoms with E-state index in [1.165, 1.54) is 6.08 Å². The first-order valence-corrected chi connectivity index (χ1v) is 3.47. The van der Waals surface area contributed by atoms with E-state index >= 15 is 0 Å². The molecule has 0 spiro atoms. The molecular formula is C7H3F3N2O. The molecule has 1 aliphatic heterocycles. The van der Waals surface area contributed by atoms with Crippen LogP contribution < -0.4 is 0 Å². The third-order valence-electron chi connectivity index (χ3n) is 1.78. The fourth-order valence-electron chi connectivity index (χ4n) is 1.22. The third kappa shape index (κ3) is 1.09. The normalized spacial score (nSPS) is 21.2. The lowest BCUT2D eigenvalue weighted by molar-refractivity contribution is -0.111. The molecule has 0 aromatic rings. The second-order valence-corrected chi connectivity index (χ2v) is 2.64. The van der Waals surface area contributed by atoms with Crippen LogP contribution in [0, 0.1) is 0 Å². The fraction of sp³-hybridized carbons (Fsp3) is 0.286. The summed E-state index contributed by atoms with van der Waals surface area (Å²) in [5.74, 6) is -0.405. The van der Waals surface area contributed by atoms with Crippen LogP contribution in [0.1, 0.15) is 6.42 Å². The third-order valence-corrected chi connectivity index (χ3v) is 1.78. The highest BCUT2D eigenvalue weighted by Gasteiger charge is 2.45. The predicted octanol–water partition coefficient (Wildman–Crippen LogP) is 1.26. The molecule has 0 atom stereocenters. The highest BCUT2D eigenvalue weighted by Crippen LogP contribution is 2.29. The Bertz CT molecular complexity index is 376. The van der Waals surface area contributed by atoms with E-state index in [2.05, 4.69) is 10.2 Å². The van der Waals surface area contributed by atoms with Gasteiger partial charge in [-0.2, -0.15) is 13.2 Å². The molecule has 0 radical (unpaired) electrons. The molecule has 3 nitrogen and oxygen atoms in total. The monoisotopic (exact) mass is 188 g/mol. The average molecular weight is 188 g/mol. The van der Waals surface area contributed by atoms with Crippen LogP contribution in [0.3, 0.4) is 0 Å². The summed E-state index contributed by atoms with van der Waals surface area (Å²) in [6.45, 7) is 0. The van der Waals surface area contributed by atoms with Gasteiger partial charge in [-0.3, -0.25) is 4.79 Å². The summed E-state index contributed by atoms with van der Waals surface area (Å²) in [6.07, 6.45) is -3.33. The number of rotatable bonds is 0. The zero-order valence-corrected chi connectivity index (χ0v) is 6.22. The highest BCUT2D eigenvalue weighted by molar-refractivity contribution is 6.56. The van der Waals surface area contributed by atoms with Crippen molar-refractivity contribution in [3.8, 4) is 0 Å². The minimum atomic E-state index is -4.53. The van der Waals surface area contributed by atoms with Crippen molar-refractivity contribution in [1.82, 2.24) is 0 Å². The first kappa shape index (κ1) is 8.15. The number of fused-ring (bicyclic) bond motifs is 1. The van der Waals surface area contributed by atoms with Crippen molar-refractivity contribution in [3.63, 3.8) is 0 Å². The number of hydrogen-bond donors (Lipinski definition) is 0. The van der Waals surface area contributed by atoms with Crippen LogP contribution in [0.5, 0.6) is 0 Å². The number of halogens is 3. The van der Waals surface area contributed by atoms with E-state index in [9.17, 15) is 18.0 Å². The summed E-state index contributed by atoms with van der Waals surface area (Å²) in [5.41, 5.74) is -1.39. The number of ketones is 1. The standard InChI is InChI=1S/C7H3F3N2O/c8-7(9,10)6-3-1-2-4(13)5(3)11-12-6/h1H,2H2. The van der Waals surface area contributed by atoms with Crippen molar-refractivity contribution in [2.75, 3.05) is 0 Å². The van der Waals surface area contributed by atoms with Gasteiger partial charge in [-0.05, 0) is 0 Å². The number of alkyl halides is 3.